The Morgan fingerprint density at radius 2 is 1.81 bits per heavy atom. The molecule has 0 fully saturated rings. The largest absolute Gasteiger partial charge is 0.0883 e. The molecule has 1 aromatic carbocycles. The highest BCUT2D eigenvalue weighted by Gasteiger charge is 2.33. The van der Waals surface area contributed by atoms with Crippen LogP contribution in [0.1, 0.15) is 19.8 Å². The molecule has 0 bridgehead atoms. The van der Waals surface area contributed by atoms with E-state index in [9.17, 15) is 0 Å². The van der Waals surface area contributed by atoms with Gasteiger partial charge in [0.2, 0.25) is 0 Å². The molecule has 0 radical (unpaired) electrons. The minimum Gasteiger partial charge on any atom is -0.0883 e. The standard InChI is InChI=1S/C15H22Si/c1-13-8-7-11-15(12-13)16(2,3)14-9-5-4-6-10-14/h4-7,9-11,13,15H,8,12H2,1-3H3/t13-,15-/m0/s1. The molecule has 16 heavy (non-hydrogen) atoms. The number of hydrogen-bond acceptors (Lipinski definition) is 0. The van der Waals surface area contributed by atoms with E-state index in [1.165, 1.54) is 12.8 Å². The summed E-state index contributed by atoms with van der Waals surface area (Å²) >= 11 is 0. The van der Waals surface area contributed by atoms with E-state index in [0.717, 1.165) is 11.5 Å². The van der Waals surface area contributed by atoms with Gasteiger partial charge >= 0.3 is 0 Å². The quantitative estimate of drug-likeness (QED) is 0.533. The molecule has 0 nitrogen and oxygen atoms in total. The Balaban J connectivity index is 2.25. The summed E-state index contributed by atoms with van der Waals surface area (Å²) in [5, 5.41) is 1.60. The highest BCUT2D eigenvalue weighted by Crippen LogP contribution is 2.35. The lowest BCUT2D eigenvalue weighted by Crippen LogP contribution is -2.46. The van der Waals surface area contributed by atoms with Gasteiger partial charge in [0.15, 0.2) is 0 Å². The average Bonchev–Trinajstić information content (AvgIpc) is 2.30. The van der Waals surface area contributed by atoms with Crippen LogP contribution in [0.5, 0.6) is 0 Å². The fourth-order valence-electron chi connectivity index (χ4n) is 2.70. The van der Waals surface area contributed by atoms with E-state index >= 15 is 0 Å². The third kappa shape index (κ3) is 2.30. The Hall–Kier alpha value is -0.823. The van der Waals surface area contributed by atoms with E-state index in [1.54, 1.807) is 5.19 Å². The molecular formula is C15H22Si. The number of hydrogen-bond donors (Lipinski definition) is 0. The minimum atomic E-state index is -1.31. The lowest BCUT2D eigenvalue weighted by Gasteiger charge is -2.35. The average molecular weight is 230 g/mol. The van der Waals surface area contributed by atoms with E-state index in [1.807, 2.05) is 0 Å². The Morgan fingerprint density at radius 1 is 1.12 bits per heavy atom. The maximum absolute atomic E-state index is 2.51. The number of rotatable bonds is 2. The highest BCUT2D eigenvalue weighted by molar-refractivity contribution is 6.91. The summed E-state index contributed by atoms with van der Waals surface area (Å²) in [5.41, 5.74) is 0.818. The van der Waals surface area contributed by atoms with Gasteiger partial charge in [-0.05, 0) is 24.3 Å². The van der Waals surface area contributed by atoms with E-state index < -0.39 is 8.07 Å². The second kappa shape index (κ2) is 4.58. The topological polar surface area (TPSA) is 0 Å². The van der Waals surface area contributed by atoms with Gasteiger partial charge in [-0.2, -0.15) is 0 Å². The van der Waals surface area contributed by atoms with Crippen LogP contribution < -0.4 is 5.19 Å². The van der Waals surface area contributed by atoms with Crippen molar-refractivity contribution in [1.29, 1.82) is 0 Å². The fraction of sp³-hybridized carbons (Fsp3) is 0.467. The van der Waals surface area contributed by atoms with Crippen LogP contribution in [0, 0.1) is 5.92 Å². The van der Waals surface area contributed by atoms with Gasteiger partial charge in [-0.25, -0.2) is 0 Å². The van der Waals surface area contributed by atoms with Crippen molar-refractivity contribution in [1.82, 2.24) is 0 Å². The summed E-state index contributed by atoms with van der Waals surface area (Å²) in [5.74, 6) is 0.866. The van der Waals surface area contributed by atoms with Crippen molar-refractivity contribution in [3.63, 3.8) is 0 Å². The second-order valence-electron chi connectivity index (χ2n) is 5.70. The zero-order valence-corrected chi connectivity index (χ0v) is 11.6. The molecule has 1 aromatic rings. The van der Waals surface area contributed by atoms with Gasteiger partial charge in [0.25, 0.3) is 0 Å². The molecule has 2 atom stereocenters. The van der Waals surface area contributed by atoms with Gasteiger partial charge in [-0.3, -0.25) is 0 Å². The lowest BCUT2D eigenvalue weighted by molar-refractivity contribution is 0.521. The number of benzene rings is 1. The predicted molar refractivity (Wildman–Crippen MR) is 74.8 cm³/mol. The first-order valence-electron chi connectivity index (χ1n) is 6.33. The summed E-state index contributed by atoms with van der Waals surface area (Å²) in [6.45, 7) is 7.40. The highest BCUT2D eigenvalue weighted by atomic mass is 28.3. The molecule has 0 aromatic heterocycles. The van der Waals surface area contributed by atoms with Crippen molar-refractivity contribution in [3.8, 4) is 0 Å². The molecule has 1 aliphatic rings. The van der Waals surface area contributed by atoms with Crippen LogP contribution >= 0.6 is 0 Å². The molecule has 0 amide bonds. The normalized spacial score (nSPS) is 25.7. The summed E-state index contributed by atoms with van der Waals surface area (Å²) in [7, 11) is -1.31. The first-order valence-corrected chi connectivity index (χ1v) is 9.40. The summed E-state index contributed by atoms with van der Waals surface area (Å²) in [4.78, 5) is 0. The molecule has 0 saturated carbocycles. The summed E-state index contributed by atoms with van der Waals surface area (Å²) in [6, 6.07) is 11.1. The first kappa shape index (κ1) is 11.7. The van der Waals surface area contributed by atoms with Gasteiger partial charge in [0.1, 0.15) is 0 Å². The summed E-state index contributed by atoms with van der Waals surface area (Å²) < 4.78 is 0. The summed E-state index contributed by atoms with van der Waals surface area (Å²) in [6.07, 6.45) is 7.54. The Morgan fingerprint density at radius 3 is 2.44 bits per heavy atom. The number of allylic oxidation sites excluding steroid dienone is 2. The van der Waals surface area contributed by atoms with E-state index in [4.69, 9.17) is 0 Å². The first-order chi connectivity index (χ1) is 7.60. The molecule has 2 rings (SSSR count). The van der Waals surface area contributed by atoms with Gasteiger partial charge < -0.3 is 0 Å². The van der Waals surface area contributed by atoms with Crippen LogP contribution in [0.4, 0.5) is 0 Å². The molecule has 1 aliphatic carbocycles. The maximum Gasteiger partial charge on any atom is 0.0873 e. The molecule has 0 unspecified atom stereocenters. The van der Waals surface area contributed by atoms with Crippen LogP contribution in [0.2, 0.25) is 18.6 Å². The molecule has 0 heterocycles. The van der Waals surface area contributed by atoms with Crippen molar-refractivity contribution in [2.45, 2.75) is 38.4 Å². The third-order valence-corrected chi connectivity index (χ3v) is 8.11. The Kier molecular flexibility index (Phi) is 3.34. The van der Waals surface area contributed by atoms with E-state index in [-0.39, 0.29) is 0 Å². The third-order valence-electron chi connectivity index (χ3n) is 4.01. The maximum atomic E-state index is 2.51. The van der Waals surface area contributed by atoms with Gasteiger partial charge in [0, 0.05) is 0 Å². The smallest absolute Gasteiger partial charge is 0.0873 e. The molecular weight excluding hydrogens is 208 g/mol. The van der Waals surface area contributed by atoms with Crippen molar-refractivity contribution in [3.05, 3.63) is 42.5 Å². The van der Waals surface area contributed by atoms with Crippen molar-refractivity contribution < 1.29 is 0 Å². The second-order valence-corrected chi connectivity index (χ2v) is 10.5. The van der Waals surface area contributed by atoms with Crippen LogP contribution in [0.3, 0.4) is 0 Å². The van der Waals surface area contributed by atoms with Crippen molar-refractivity contribution >= 4 is 13.3 Å². The predicted octanol–water partition coefficient (Wildman–Crippen LogP) is 3.96. The fourth-order valence-corrected chi connectivity index (χ4v) is 5.79. The van der Waals surface area contributed by atoms with Gasteiger partial charge in [-0.15, -0.1) is 0 Å². The van der Waals surface area contributed by atoms with Crippen molar-refractivity contribution in [2.24, 2.45) is 5.92 Å². The minimum absolute atomic E-state index is 0.818. The van der Waals surface area contributed by atoms with E-state index in [2.05, 4.69) is 62.5 Å². The Bertz CT molecular complexity index is 364. The molecule has 0 aliphatic heterocycles. The van der Waals surface area contributed by atoms with Gasteiger partial charge in [-0.1, -0.05) is 67.7 Å². The molecule has 86 valence electrons. The lowest BCUT2D eigenvalue weighted by atomic mass is 9.96. The zero-order chi connectivity index (χ0) is 11.6. The molecule has 0 N–H and O–H groups in total. The van der Waals surface area contributed by atoms with Crippen LogP contribution in [-0.2, 0) is 0 Å². The van der Waals surface area contributed by atoms with Gasteiger partial charge in [0.05, 0.1) is 8.07 Å². The Labute approximate surface area is 100 Å². The molecule has 0 spiro atoms. The van der Waals surface area contributed by atoms with Crippen LogP contribution in [0.15, 0.2) is 42.5 Å². The SMILES string of the molecule is C[C@H]1CC=C[C@H]([Si](C)(C)c2ccccc2)C1. The van der Waals surface area contributed by atoms with Crippen LogP contribution in [0.25, 0.3) is 0 Å². The van der Waals surface area contributed by atoms with Crippen molar-refractivity contribution in [2.75, 3.05) is 0 Å². The zero-order valence-electron chi connectivity index (χ0n) is 10.6. The molecule has 0 saturated heterocycles. The van der Waals surface area contributed by atoms with Crippen LogP contribution in [-0.4, -0.2) is 8.07 Å². The van der Waals surface area contributed by atoms with E-state index in [0.29, 0.717) is 0 Å². The monoisotopic (exact) mass is 230 g/mol. The molecule has 1 heteroatoms.